The number of nitrogens with one attached hydrogen (secondary N) is 1. The predicted molar refractivity (Wildman–Crippen MR) is 91.4 cm³/mol. The van der Waals surface area contributed by atoms with Gasteiger partial charge in [0.15, 0.2) is 0 Å². The molecule has 0 atom stereocenters. The van der Waals surface area contributed by atoms with Crippen molar-refractivity contribution >= 4 is 22.8 Å². The predicted octanol–water partition coefficient (Wildman–Crippen LogP) is 3.33. The third kappa shape index (κ3) is 3.09. The van der Waals surface area contributed by atoms with E-state index >= 15 is 0 Å². The number of methoxy groups -OCH3 is 1. The van der Waals surface area contributed by atoms with Gasteiger partial charge in [-0.1, -0.05) is 0 Å². The second-order valence-electron chi connectivity index (χ2n) is 6.25. The summed E-state index contributed by atoms with van der Waals surface area (Å²) in [6, 6.07) is 6.05. The highest BCUT2D eigenvalue weighted by molar-refractivity contribution is 5.96. The molecule has 27 heavy (non-hydrogen) atoms. The van der Waals surface area contributed by atoms with Crippen molar-refractivity contribution in [3.63, 3.8) is 0 Å². The number of nitrogens with zero attached hydrogens (tertiary/aromatic N) is 3. The van der Waals surface area contributed by atoms with Crippen LogP contribution in [0.3, 0.4) is 0 Å². The summed E-state index contributed by atoms with van der Waals surface area (Å²) in [5.41, 5.74) is 2.22. The second-order valence-corrected chi connectivity index (χ2v) is 6.25. The second kappa shape index (κ2) is 6.26. The van der Waals surface area contributed by atoms with Gasteiger partial charge in [0.1, 0.15) is 5.69 Å². The van der Waals surface area contributed by atoms with Gasteiger partial charge >= 0.3 is 12.1 Å². The molecule has 1 N–H and O–H groups in total. The number of fused-ring (bicyclic) bond motifs is 3. The molecular formula is C18H15F3N4O2. The van der Waals surface area contributed by atoms with E-state index in [4.69, 9.17) is 4.74 Å². The summed E-state index contributed by atoms with van der Waals surface area (Å²) in [5, 5.41) is 0.838. The Morgan fingerprint density at radius 2 is 2.11 bits per heavy atom. The molecule has 0 unspecified atom stereocenters. The molecule has 0 spiro atoms. The van der Waals surface area contributed by atoms with Crippen LogP contribution in [0.15, 0.2) is 30.5 Å². The van der Waals surface area contributed by atoms with Crippen LogP contribution in [0.5, 0.6) is 0 Å². The van der Waals surface area contributed by atoms with Gasteiger partial charge in [0.25, 0.3) is 0 Å². The van der Waals surface area contributed by atoms with Gasteiger partial charge in [0, 0.05) is 47.9 Å². The van der Waals surface area contributed by atoms with E-state index < -0.39 is 17.8 Å². The topological polar surface area (TPSA) is 71.1 Å². The first-order valence-corrected chi connectivity index (χ1v) is 8.24. The van der Waals surface area contributed by atoms with Gasteiger partial charge in [-0.25, -0.2) is 14.8 Å². The molecule has 0 saturated heterocycles. The van der Waals surface area contributed by atoms with Crippen LogP contribution >= 0.6 is 0 Å². The van der Waals surface area contributed by atoms with E-state index in [0.29, 0.717) is 25.1 Å². The number of alkyl halides is 3. The Morgan fingerprint density at radius 1 is 1.30 bits per heavy atom. The average molecular weight is 376 g/mol. The number of aromatic nitrogens is 3. The number of hydrogen-bond donors (Lipinski definition) is 1. The highest BCUT2D eigenvalue weighted by atomic mass is 19.4. The van der Waals surface area contributed by atoms with Crippen LogP contribution in [0.2, 0.25) is 0 Å². The molecule has 3 aromatic rings. The third-order valence-corrected chi connectivity index (χ3v) is 4.61. The first kappa shape index (κ1) is 17.3. The number of halogens is 3. The molecule has 9 heteroatoms. The summed E-state index contributed by atoms with van der Waals surface area (Å²) in [6.07, 6.45) is -2.79. The van der Waals surface area contributed by atoms with Crippen LogP contribution in [-0.4, -0.2) is 34.6 Å². The Hall–Kier alpha value is -3.10. The number of carbonyl (C=O) groups excluding carboxylic acids is 1. The van der Waals surface area contributed by atoms with Gasteiger partial charge < -0.3 is 14.6 Å². The summed E-state index contributed by atoms with van der Waals surface area (Å²) < 4.78 is 43.5. The molecule has 140 valence electrons. The number of hydrogen-bond acceptors (Lipinski definition) is 5. The van der Waals surface area contributed by atoms with Crippen molar-refractivity contribution in [3.8, 4) is 0 Å². The highest BCUT2D eigenvalue weighted by Crippen LogP contribution is 2.32. The first-order chi connectivity index (χ1) is 12.9. The van der Waals surface area contributed by atoms with E-state index in [1.165, 1.54) is 7.11 Å². The van der Waals surface area contributed by atoms with E-state index in [-0.39, 0.29) is 5.95 Å². The molecule has 1 aromatic carbocycles. The van der Waals surface area contributed by atoms with Crippen molar-refractivity contribution in [2.24, 2.45) is 0 Å². The Labute approximate surface area is 152 Å². The normalized spacial score (nSPS) is 14.3. The molecule has 0 bridgehead atoms. The lowest BCUT2D eigenvalue weighted by Gasteiger charge is -2.27. The average Bonchev–Trinajstić information content (AvgIpc) is 3.03. The molecule has 3 heterocycles. The fourth-order valence-electron chi connectivity index (χ4n) is 3.29. The van der Waals surface area contributed by atoms with Crippen molar-refractivity contribution in [2.45, 2.75) is 19.1 Å². The summed E-state index contributed by atoms with van der Waals surface area (Å²) in [6.45, 7) is 0.840. The molecule has 2 aromatic heterocycles. The largest absolute Gasteiger partial charge is 0.465 e. The van der Waals surface area contributed by atoms with Gasteiger partial charge in [0.05, 0.1) is 12.7 Å². The number of esters is 1. The Bertz CT molecular complexity index is 1030. The van der Waals surface area contributed by atoms with Crippen molar-refractivity contribution in [1.29, 1.82) is 0 Å². The number of aromatic amines is 1. The molecule has 0 amide bonds. The molecule has 0 radical (unpaired) electrons. The van der Waals surface area contributed by atoms with Crippen LogP contribution in [0.1, 0.15) is 27.3 Å². The lowest BCUT2D eigenvalue weighted by Crippen LogP contribution is -2.32. The SMILES string of the molecule is COC(=O)c1ccc2[nH]c3c(c2c1)CN(c1nccc(C(F)(F)F)n1)CC3. The van der Waals surface area contributed by atoms with E-state index in [1.54, 1.807) is 23.1 Å². The van der Waals surface area contributed by atoms with Gasteiger partial charge in [0.2, 0.25) is 5.95 Å². The van der Waals surface area contributed by atoms with Crippen molar-refractivity contribution in [1.82, 2.24) is 15.0 Å². The van der Waals surface area contributed by atoms with Gasteiger partial charge in [-0.15, -0.1) is 0 Å². The van der Waals surface area contributed by atoms with E-state index in [0.717, 1.165) is 34.4 Å². The number of carbonyl (C=O) groups is 1. The fourth-order valence-corrected chi connectivity index (χ4v) is 3.29. The minimum Gasteiger partial charge on any atom is -0.465 e. The Morgan fingerprint density at radius 3 is 2.85 bits per heavy atom. The van der Waals surface area contributed by atoms with Crippen molar-refractivity contribution in [3.05, 3.63) is 53.0 Å². The molecule has 0 saturated carbocycles. The summed E-state index contributed by atoms with van der Waals surface area (Å²) in [7, 11) is 1.31. The molecule has 0 aliphatic carbocycles. The maximum Gasteiger partial charge on any atom is 0.433 e. The zero-order valence-electron chi connectivity index (χ0n) is 14.3. The molecule has 4 rings (SSSR count). The smallest absolute Gasteiger partial charge is 0.433 e. The lowest BCUT2D eigenvalue weighted by atomic mass is 10.0. The number of ether oxygens (including phenoxy) is 1. The van der Waals surface area contributed by atoms with Crippen molar-refractivity contribution in [2.75, 3.05) is 18.6 Å². The first-order valence-electron chi connectivity index (χ1n) is 8.24. The molecule has 1 aliphatic rings. The third-order valence-electron chi connectivity index (χ3n) is 4.61. The quantitative estimate of drug-likeness (QED) is 0.695. The molecule has 6 nitrogen and oxygen atoms in total. The summed E-state index contributed by atoms with van der Waals surface area (Å²) >= 11 is 0. The molecule has 1 aliphatic heterocycles. The zero-order chi connectivity index (χ0) is 19.2. The minimum absolute atomic E-state index is 0.0361. The van der Waals surface area contributed by atoms with Crippen LogP contribution in [-0.2, 0) is 23.9 Å². The van der Waals surface area contributed by atoms with Gasteiger partial charge in [-0.05, 0) is 24.3 Å². The maximum absolute atomic E-state index is 12.9. The number of rotatable bonds is 2. The van der Waals surface area contributed by atoms with Crippen LogP contribution < -0.4 is 4.90 Å². The standard InChI is InChI=1S/C18H15F3N4O2/c1-27-16(26)10-2-3-13-11(8-10)12-9-25(7-5-14(12)23-13)17-22-6-4-15(24-17)18(19,20)21/h2-4,6,8,23H,5,7,9H2,1H3. The van der Waals surface area contributed by atoms with Crippen molar-refractivity contribution < 1.29 is 22.7 Å². The number of H-pyrrole nitrogens is 1. The fraction of sp³-hybridized carbons (Fsp3) is 0.278. The summed E-state index contributed by atoms with van der Waals surface area (Å²) in [4.78, 5) is 24.5. The lowest BCUT2D eigenvalue weighted by molar-refractivity contribution is -0.141. The van der Waals surface area contributed by atoms with E-state index in [1.807, 2.05) is 0 Å². The van der Waals surface area contributed by atoms with E-state index in [9.17, 15) is 18.0 Å². The van der Waals surface area contributed by atoms with Crippen LogP contribution in [0.25, 0.3) is 10.9 Å². The number of benzene rings is 1. The monoisotopic (exact) mass is 376 g/mol. The number of anilines is 1. The Kier molecular flexibility index (Phi) is 4.01. The summed E-state index contributed by atoms with van der Waals surface area (Å²) in [5.74, 6) is -0.408. The maximum atomic E-state index is 12.9. The van der Waals surface area contributed by atoms with Gasteiger partial charge in [-0.3, -0.25) is 0 Å². The molecular weight excluding hydrogens is 361 g/mol. The zero-order valence-corrected chi connectivity index (χ0v) is 14.3. The minimum atomic E-state index is -4.52. The van der Waals surface area contributed by atoms with Gasteiger partial charge in [-0.2, -0.15) is 13.2 Å². The van der Waals surface area contributed by atoms with Crippen LogP contribution in [0.4, 0.5) is 19.1 Å². The Balaban J connectivity index is 1.71. The highest BCUT2D eigenvalue weighted by Gasteiger charge is 2.33. The van der Waals surface area contributed by atoms with E-state index in [2.05, 4.69) is 15.0 Å². The van der Waals surface area contributed by atoms with Crippen LogP contribution in [0, 0.1) is 0 Å². The molecule has 0 fully saturated rings.